The minimum Gasteiger partial charge on any atom is -0.382 e. The fraction of sp³-hybridized carbons (Fsp3) is 0. The number of carbonyl (C=O) groups is 1. The lowest BCUT2D eigenvalue weighted by atomic mass is 10.1. The number of anilines is 1. The second kappa shape index (κ2) is 3.88. The monoisotopic (exact) mass is 199 g/mol. The van der Waals surface area contributed by atoms with E-state index >= 15 is 0 Å². The van der Waals surface area contributed by atoms with Crippen LogP contribution in [0.25, 0.3) is 0 Å². The molecule has 0 amide bonds. The summed E-state index contributed by atoms with van der Waals surface area (Å²) in [6.45, 7) is 0. The maximum absolute atomic E-state index is 11.8. The Labute approximate surface area is 86.8 Å². The third-order valence-corrected chi connectivity index (χ3v) is 1.95. The predicted octanol–water partition coefficient (Wildman–Crippen LogP) is 1.29. The SMILES string of the molecule is Nc1ccc(C(=O)c2ccccc2)nn1. The molecule has 4 nitrogen and oxygen atoms in total. The van der Waals surface area contributed by atoms with Crippen LogP contribution < -0.4 is 5.73 Å². The molecular formula is C11H9N3O. The summed E-state index contributed by atoms with van der Waals surface area (Å²) >= 11 is 0. The van der Waals surface area contributed by atoms with Gasteiger partial charge in [-0.3, -0.25) is 4.79 Å². The Kier molecular flexibility index (Phi) is 2.41. The van der Waals surface area contributed by atoms with E-state index in [-0.39, 0.29) is 5.78 Å². The molecule has 0 saturated heterocycles. The first-order valence-corrected chi connectivity index (χ1v) is 4.46. The van der Waals surface area contributed by atoms with Gasteiger partial charge in [0.15, 0.2) is 0 Å². The second-order valence-corrected chi connectivity index (χ2v) is 3.04. The van der Waals surface area contributed by atoms with Crippen molar-refractivity contribution in [3.05, 3.63) is 53.7 Å². The molecule has 2 aromatic rings. The first kappa shape index (κ1) is 9.33. The molecule has 0 bridgehead atoms. The van der Waals surface area contributed by atoms with Crippen molar-refractivity contribution >= 4 is 11.6 Å². The summed E-state index contributed by atoms with van der Waals surface area (Å²) < 4.78 is 0. The molecule has 2 N–H and O–H groups in total. The molecule has 0 fully saturated rings. The van der Waals surface area contributed by atoms with Gasteiger partial charge in [-0.05, 0) is 12.1 Å². The summed E-state index contributed by atoms with van der Waals surface area (Å²) in [5.74, 6) is 0.155. The lowest BCUT2D eigenvalue weighted by Crippen LogP contribution is -2.06. The number of carbonyl (C=O) groups excluding carboxylic acids is 1. The largest absolute Gasteiger partial charge is 0.382 e. The quantitative estimate of drug-likeness (QED) is 0.740. The number of hydrogen-bond acceptors (Lipinski definition) is 4. The number of nitrogens with two attached hydrogens (primary N) is 1. The normalized spacial score (nSPS) is 9.87. The van der Waals surface area contributed by atoms with E-state index in [9.17, 15) is 4.79 Å². The van der Waals surface area contributed by atoms with Crippen LogP contribution in [0.3, 0.4) is 0 Å². The lowest BCUT2D eigenvalue weighted by molar-refractivity contribution is 0.103. The minimum absolute atomic E-state index is 0.150. The summed E-state index contributed by atoms with van der Waals surface area (Å²) in [4.78, 5) is 11.8. The highest BCUT2D eigenvalue weighted by Gasteiger charge is 2.09. The number of nitrogen functional groups attached to an aromatic ring is 1. The van der Waals surface area contributed by atoms with Gasteiger partial charge in [-0.25, -0.2) is 0 Å². The van der Waals surface area contributed by atoms with Gasteiger partial charge in [-0.2, -0.15) is 0 Å². The van der Waals surface area contributed by atoms with E-state index in [2.05, 4.69) is 10.2 Å². The van der Waals surface area contributed by atoms with Gasteiger partial charge in [-0.15, -0.1) is 10.2 Å². The van der Waals surface area contributed by atoms with Crippen LogP contribution in [0, 0.1) is 0 Å². The molecule has 0 aliphatic carbocycles. The van der Waals surface area contributed by atoms with Crippen LogP contribution in [0.2, 0.25) is 0 Å². The van der Waals surface area contributed by atoms with Crippen molar-refractivity contribution in [1.82, 2.24) is 10.2 Å². The fourth-order valence-corrected chi connectivity index (χ4v) is 1.20. The zero-order chi connectivity index (χ0) is 10.7. The van der Waals surface area contributed by atoms with Crippen molar-refractivity contribution in [2.24, 2.45) is 0 Å². The summed E-state index contributed by atoms with van der Waals surface area (Å²) in [7, 11) is 0. The van der Waals surface area contributed by atoms with E-state index in [1.807, 2.05) is 6.07 Å². The van der Waals surface area contributed by atoms with Gasteiger partial charge in [0.05, 0.1) is 0 Å². The Balaban J connectivity index is 2.33. The highest BCUT2D eigenvalue weighted by Crippen LogP contribution is 2.07. The fourth-order valence-electron chi connectivity index (χ4n) is 1.20. The number of rotatable bonds is 2. The maximum Gasteiger partial charge on any atom is 0.213 e. The van der Waals surface area contributed by atoms with E-state index in [1.54, 1.807) is 36.4 Å². The van der Waals surface area contributed by atoms with Gasteiger partial charge in [0.1, 0.15) is 11.5 Å². The number of aromatic nitrogens is 2. The molecule has 0 spiro atoms. The molecule has 4 heteroatoms. The van der Waals surface area contributed by atoms with Gasteiger partial charge in [0.2, 0.25) is 5.78 Å². The molecule has 0 unspecified atom stereocenters. The van der Waals surface area contributed by atoms with Gasteiger partial charge in [0, 0.05) is 5.56 Å². The van der Waals surface area contributed by atoms with Crippen LogP contribution in [0.5, 0.6) is 0 Å². The standard InChI is InChI=1S/C11H9N3O/c12-10-7-6-9(13-14-10)11(15)8-4-2-1-3-5-8/h1-7H,(H2,12,14). The van der Waals surface area contributed by atoms with Crippen LogP contribution in [-0.2, 0) is 0 Å². The highest BCUT2D eigenvalue weighted by molar-refractivity contribution is 6.07. The van der Waals surface area contributed by atoms with Gasteiger partial charge >= 0.3 is 0 Å². The van der Waals surface area contributed by atoms with E-state index < -0.39 is 0 Å². The van der Waals surface area contributed by atoms with Gasteiger partial charge < -0.3 is 5.73 Å². The molecule has 1 heterocycles. The smallest absolute Gasteiger partial charge is 0.213 e. The van der Waals surface area contributed by atoms with Crippen LogP contribution in [-0.4, -0.2) is 16.0 Å². The maximum atomic E-state index is 11.8. The van der Waals surface area contributed by atoms with Crippen molar-refractivity contribution < 1.29 is 4.79 Å². The molecule has 2 rings (SSSR count). The van der Waals surface area contributed by atoms with Crippen LogP contribution in [0.15, 0.2) is 42.5 Å². The molecule has 1 aromatic carbocycles. The van der Waals surface area contributed by atoms with E-state index in [0.29, 0.717) is 17.1 Å². The molecule has 74 valence electrons. The summed E-state index contributed by atoms with van der Waals surface area (Å²) in [5, 5.41) is 7.36. The van der Waals surface area contributed by atoms with E-state index in [0.717, 1.165) is 0 Å². The zero-order valence-electron chi connectivity index (χ0n) is 7.92. The number of benzene rings is 1. The van der Waals surface area contributed by atoms with Crippen molar-refractivity contribution in [3.63, 3.8) is 0 Å². The predicted molar refractivity (Wildman–Crippen MR) is 56.3 cm³/mol. The molecule has 0 saturated carbocycles. The third kappa shape index (κ3) is 1.99. The first-order chi connectivity index (χ1) is 7.27. The number of ketones is 1. The summed E-state index contributed by atoms with van der Waals surface area (Å²) in [6, 6.07) is 12.1. The molecule has 0 atom stereocenters. The topological polar surface area (TPSA) is 68.9 Å². The van der Waals surface area contributed by atoms with Crippen molar-refractivity contribution in [2.45, 2.75) is 0 Å². The molecule has 15 heavy (non-hydrogen) atoms. The average Bonchev–Trinajstić information content (AvgIpc) is 2.30. The Hall–Kier alpha value is -2.23. The second-order valence-electron chi connectivity index (χ2n) is 3.04. The Morgan fingerprint density at radius 1 is 1.00 bits per heavy atom. The number of nitrogens with zero attached hydrogens (tertiary/aromatic N) is 2. The van der Waals surface area contributed by atoms with Crippen molar-refractivity contribution in [2.75, 3.05) is 5.73 Å². The van der Waals surface area contributed by atoms with Crippen LogP contribution in [0.4, 0.5) is 5.82 Å². The summed E-state index contributed by atoms with van der Waals surface area (Å²) in [5.41, 5.74) is 6.28. The Morgan fingerprint density at radius 2 is 1.73 bits per heavy atom. The van der Waals surface area contributed by atoms with Crippen molar-refractivity contribution in [3.8, 4) is 0 Å². The van der Waals surface area contributed by atoms with Crippen LogP contribution in [0.1, 0.15) is 16.1 Å². The molecule has 0 aliphatic heterocycles. The molecule has 1 aromatic heterocycles. The molecule has 0 radical (unpaired) electrons. The zero-order valence-corrected chi connectivity index (χ0v) is 7.92. The molecule has 0 aliphatic rings. The van der Waals surface area contributed by atoms with Crippen molar-refractivity contribution in [1.29, 1.82) is 0 Å². The van der Waals surface area contributed by atoms with Gasteiger partial charge in [-0.1, -0.05) is 30.3 Å². The average molecular weight is 199 g/mol. The first-order valence-electron chi connectivity index (χ1n) is 4.46. The molecular weight excluding hydrogens is 190 g/mol. The Bertz CT molecular complexity index is 465. The highest BCUT2D eigenvalue weighted by atomic mass is 16.1. The summed E-state index contributed by atoms with van der Waals surface area (Å²) in [6.07, 6.45) is 0. The Morgan fingerprint density at radius 3 is 2.33 bits per heavy atom. The van der Waals surface area contributed by atoms with E-state index in [4.69, 9.17) is 5.73 Å². The third-order valence-electron chi connectivity index (χ3n) is 1.95. The lowest BCUT2D eigenvalue weighted by Gasteiger charge is -1.98. The van der Waals surface area contributed by atoms with E-state index in [1.165, 1.54) is 0 Å². The van der Waals surface area contributed by atoms with Gasteiger partial charge in [0.25, 0.3) is 0 Å². The van der Waals surface area contributed by atoms with Crippen LogP contribution >= 0.6 is 0 Å². The minimum atomic E-state index is -0.150. The number of hydrogen-bond donors (Lipinski definition) is 1.